The van der Waals surface area contributed by atoms with E-state index in [4.69, 9.17) is 23.2 Å². The molecule has 2 unspecified atom stereocenters. The molecule has 40 valence electrons. The van der Waals surface area contributed by atoms with Crippen LogP contribution in [0.25, 0.3) is 0 Å². The van der Waals surface area contributed by atoms with Crippen LogP contribution in [-0.2, 0) is 0 Å². The van der Waals surface area contributed by atoms with Gasteiger partial charge in [-0.2, -0.15) is 0 Å². The Hall–Kier alpha value is 0.645. The molecule has 1 rings (SSSR count). The Balaban J connectivity index is 2.33. The van der Waals surface area contributed by atoms with Gasteiger partial charge in [0, 0.05) is 10.7 Å². The summed E-state index contributed by atoms with van der Waals surface area (Å²) in [4.78, 5) is 0. The average molecular weight is 137 g/mol. The van der Waals surface area contributed by atoms with Crippen LogP contribution in [0.4, 0.5) is 0 Å². The van der Waals surface area contributed by atoms with Gasteiger partial charge in [-0.1, -0.05) is 6.32 Å². The Labute approximate surface area is 54.4 Å². The highest BCUT2D eigenvalue weighted by atomic mass is 35.5. The first-order valence-corrected chi connectivity index (χ1v) is 3.46. The molecule has 0 aromatic heterocycles. The zero-order valence-electron chi connectivity index (χ0n) is 4.03. The van der Waals surface area contributed by atoms with E-state index >= 15 is 0 Å². The maximum atomic E-state index is 5.73. The molecular weight excluding hydrogens is 130 g/mol. The second-order valence-electron chi connectivity index (χ2n) is 1.96. The van der Waals surface area contributed by atoms with Gasteiger partial charge in [-0.25, -0.2) is 0 Å². The molecule has 1 heterocycles. The van der Waals surface area contributed by atoms with Gasteiger partial charge in [-0.15, -0.1) is 23.2 Å². The lowest BCUT2D eigenvalue weighted by atomic mass is 9.77. The summed E-state index contributed by atoms with van der Waals surface area (Å²) in [5.41, 5.74) is 0. The summed E-state index contributed by atoms with van der Waals surface area (Å²) < 4.78 is 0. The van der Waals surface area contributed by atoms with Crippen LogP contribution >= 0.6 is 23.2 Å². The highest BCUT2D eigenvalue weighted by molar-refractivity contribution is 6.57. The van der Waals surface area contributed by atoms with Gasteiger partial charge in [0.1, 0.15) is 7.28 Å². The van der Waals surface area contributed by atoms with Crippen molar-refractivity contribution in [2.24, 2.45) is 0 Å². The number of halogens is 2. The number of alkyl halides is 2. The van der Waals surface area contributed by atoms with Crippen LogP contribution in [-0.4, -0.2) is 17.9 Å². The second-order valence-corrected chi connectivity index (χ2v) is 3.08. The maximum absolute atomic E-state index is 5.73. The molecule has 1 aliphatic heterocycles. The molecule has 0 spiro atoms. The van der Waals surface area contributed by atoms with E-state index in [1.807, 2.05) is 0 Å². The number of hydrogen-bond donors (Lipinski definition) is 0. The van der Waals surface area contributed by atoms with Crippen molar-refractivity contribution in [2.45, 2.75) is 23.4 Å². The zero-order chi connectivity index (χ0) is 5.28. The summed E-state index contributed by atoms with van der Waals surface area (Å²) in [5.74, 6) is 0. The zero-order valence-corrected chi connectivity index (χ0v) is 5.54. The minimum Gasteiger partial charge on any atom is -0.131 e. The molecule has 1 aliphatic rings. The van der Waals surface area contributed by atoms with Gasteiger partial charge in [0.25, 0.3) is 0 Å². The lowest BCUT2D eigenvalue weighted by Gasteiger charge is -1.99. The van der Waals surface area contributed by atoms with Crippen molar-refractivity contribution >= 4 is 30.5 Å². The molecule has 1 saturated heterocycles. The monoisotopic (exact) mass is 136 g/mol. The van der Waals surface area contributed by atoms with Crippen molar-refractivity contribution in [1.82, 2.24) is 0 Å². The third-order valence-corrected chi connectivity index (χ3v) is 2.53. The van der Waals surface area contributed by atoms with Crippen LogP contribution in [0.5, 0.6) is 0 Å². The first-order valence-electron chi connectivity index (χ1n) is 2.59. The second kappa shape index (κ2) is 2.28. The third kappa shape index (κ3) is 1.27. The number of hydrogen-bond acceptors (Lipinski definition) is 0. The predicted molar refractivity (Wildman–Crippen MR) is 35.9 cm³/mol. The number of rotatable bonds is 0. The van der Waals surface area contributed by atoms with E-state index in [0.29, 0.717) is 0 Å². The molecule has 3 heteroatoms. The van der Waals surface area contributed by atoms with Crippen LogP contribution in [0, 0.1) is 0 Å². The molecule has 7 heavy (non-hydrogen) atoms. The molecule has 0 aromatic rings. The van der Waals surface area contributed by atoms with Crippen molar-refractivity contribution in [2.75, 3.05) is 0 Å². The summed E-state index contributed by atoms with van der Waals surface area (Å²) >= 11 is 11.5. The van der Waals surface area contributed by atoms with Crippen molar-refractivity contribution < 1.29 is 0 Å². The molecule has 0 aliphatic carbocycles. The Morgan fingerprint density at radius 3 is 2.29 bits per heavy atom. The van der Waals surface area contributed by atoms with E-state index in [2.05, 4.69) is 0 Å². The molecule has 2 atom stereocenters. The summed E-state index contributed by atoms with van der Waals surface area (Å²) in [6.07, 6.45) is 2.32. The summed E-state index contributed by atoms with van der Waals surface area (Å²) in [6, 6.07) is 0. The van der Waals surface area contributed by atoms with Crippen LogP contribution < -0.4 is 0 Å². The Morgan fingerprint density at radius 2 is 2.14 bits per heavy atom. The van der Waals surface area contributed by atoms with Gasteiger partial charge in [-0.05, 0) is 6.42 Å². The van der Waals surface area contributed by atoms with Crippen molar-refractivity contribution in [3.63, 3.8) is 0 Å². The fourth-order valence-corrected chi connectivity index (χ4v) is 1.43. The van der Waals surface area contributed by atoms with E-state index in [1.54, 1.807) is 0 Å². The summed E-state index contributed by atoms with van der Waals surface area (Å²) in [7, 11) is 1.11. The van der Waals surface area contributed by atoms with Crippen LogP contribution in [0.3, 0.4) is 0 Å². The summed E-state index contributed by atoms with van der Waals surface area (Å²) in [6.45, 7) is 0. The maximum Gasteiger partial charge on any atom is 0.145 e. The first-order chi connectivity index (χ1) is 3.30. The first kappa shape index (κ1) is 5.78. The molecule has 0 bridgehead atoms. The lowest BCUT2D eigenvalue weighted by Crippen LogP contribution is -2.09. The van der Waals surface area contributed by atoms with E-state index in [1.165, 1.54) is 6.32 Å². The Bertz CT molecular complexity index is 58.7. The smallest absolute Gasteiger partial charge is 0.131 e. The van der Waals surface area contributed by atoms with Crippen LogP contribution in [0.2, 0.25) is 6.32 Å². The van der Waals surface area contributed by atoms with E-state index < -0.39 is 0 Å². The topological polar surface area (TPSA) is 0 Å². The van der Waals surface area contributed by atoms with Gasteiger partial charge in [0.2, 0.25) is 0 Å². The third-order valence-electron chi connectivity index (χ3n) is 1.35. The lowest BCUT2D eigenvalue weighted by molar-refractivity contribution is 0.922. The Morgan fingerprint density at radius 1 is 1.43 bits per heavy atom. The largest absolute Gasteiger partial charge is 0.145 e. The Kier molecular flexibility index (Phi) is 1.88. The molecule has 0 radical (unpaired) electrons. The van der Waals surface area contributed by atoms with Gasteiger partial charge in [-0.3, -0.25) is 0 Å². The minimum absolute atomic E-state index is 0.252. The highest BCUT2D eigenvalue weighted by Gasteiger charge is 2.23. The molecule has 0 N–H and O–H groups in total. The van der Waals surface area contributed by atoms with Gasteiger partial charge in [0.05, 0.1) is 0 Å². The molecule has 0 aromatic carbocycles. The molecule has 0 saturated carbocycles. The fourth-order valence-electron chi connectivity index (χ4n) is 0.870. The van der Waals surface area contributed by atoms with Gasteiger partial charge >= 0.3 is 0 Å². The fraction of sp³-hybridized carbons (Fsp3) is 1.00. The van der Waals surface area contributed by atoms with Crippen LogP contribution in [0.1, 0.15) is 6.42 Å². The highest BCUT2D eigenvalue weighted by Crippen LogP contribution is 2.22. The van der Waals surface area contributed by atoms with Gasteiger partial charge < -0.3 is 0 Å². The minimum atomic E-state index is 0.252. The van der Waals surface area contributed by atoms with E-state index in [0.717, 1.165) is 13.7 Å². The molecule has 0 nitrogen and oxygen atoms in total. The van der Waals surface area contributed by atoms with Crippen LogP contribution in [0.15, 0.2) is 0 Å². The van der Waals surface area contributed by atoms with E-state index in [9.17, 15) is 0 Å². The van der Waals surface area contributed by atoms with E-state index in [-0.39, 0.29) is 10.7 Å². The average Bonchev–Trinajstić information content (AvgIpc) is 1.91. The standard InChI is InChI=1S/C4H7BCl2/c6-3-1-2-5-4(3)7/h3-5H,1-2H2. The van der Waals surface area contributed by atoms with Crippen molar-refractivity contribution in [3.8, 4) is 0 Å². The SMILES string of the molecule is ClC1BCCC1Cl. The van der Waals surface area contributed by atoms with Crippen molar-refractivity contribution in [3.05, 3.63) is 0 Å². The quantitative estimate of drug-likeness (QED) is 0.349. The molecular formula is C4H7BCl2. The van der Waals surface area contributed by atoms with Gasteiger partial charge in [0.15, 0.2) is 0 Å². The molecule has 0 amide bonds. The summed E-state index contributed by atoms with van der Waals surface area (Å²) in [5, 5.41) is 0.503. The normalized spacial score (nSPS) is 40.9. The van der Waals surface area contributed by atoms with Crippen molar-refractivity contribution in [1.29, 1.82) is 0 Å². The predicted octanol–water partition coefficient (Wildman–Crippen LogP) is 1.42. The molecule has 1 fully saturated rings.